The molecule has 1 aliphatic heterocycles. The predicted molar refractivity (Wildman–Crippen MR) is 51.9 cm³/mol. The van der Waals surface area contributed by atoms with E-state index in [-0.39, 0.29) is 5.97 Å². The van der Waals surface area contributed by atoms with Crippen molar-refractivity contribution in [1.29, 1.82) is 0 Å². The number of morpholine rings is 1. The highest BCUT2D eigenvalue weighted by Gasteiger charge is 2.19. The fourth-order valence-electron chi connectivity index (χ4n) is 1.39. The molecule has 0 aliphatic carbocycles. The molecule has 5 heteroatoms. The second-order valence-corrected chi connectivity index (χ2v) is 3.27. The molecule has 0 amide bonds. The van der Waals surface area contributed by atoms with Crippen LogP contribution in [0.5, 0.6) is 0 Å². The van der Waals surface area contributed by atoms with Gasteiger partial charge >= 0.3 is 5.97 Å². The maximum absolute atomic E-state index is 11.2. The van der Waals surface area contributed by atoms with Gasteiger partial charge in [-0.05, 0) is 6.92 Å². The van der Waals surface area contributed by atoms with Crippen molar-refractivity contribution in [2.45, 2.75) is 13.0 Å². The normalized spacial score (nSPS) is 20.4. The van der Waals surface area contributed by atoms with Crippen LogP contribution >= 0.6 is 0 Å². The molecular formula is C9H18N2O3. The largest absolute Gasteiger partial charge is 0.465 e. The summed E-state index contributed by atoms with van der Waals surface area (Å²) in [6.07, 6.45) is 0. The van der Waals surface area contributed by atoms with Gasteiger partial charge < -0.3 is 15.2 Å². The van der Waals surface area contributed by atoms with Gasteiger partial charge in [0.2, 0.25) is 0 Å². The summed E-state index contributed by atoms with van der Waals surface area (Å²) in [6, 6.07) is -0.534. The first-order chi connectivity index (χ1) is 6.74. The van der Waals surface area contributed by atoms with Crippen molar-refractivity contribution in [3.63, 3.8) is 0 Å². The van der Waals surface area contributed by atoms with Crippen LogP contribution in [0, 0.1) is 0 Å². The summed E-state index contributed by atoms with van der Waals surface area (Å²) < 4.78 is 10.0. The summed E-state index contributed by atoms with van der Waals surface area (Å²) in [5.41, 5.74) is 5.68. The maximum Gasteiger partial charge on any atom is 0.324 e. The first kappa shape index (κ1) is 11.4. The van der Waals surface area contributed by atoms with Crippen LogP contribution in [0.4, 0.5) is 0 Å². The van der Waals surface area contributed by atoms with E-state index in [1.807, 2.05) is 0 Å². The SMILES string of the molecule is CCOC(=O)[C@@H](N)CN1CCOCC1. The van der Waals surface area contributed by atoms with Gasteiger partial charge in [0, 0.05) is 19.6 Å². The minimum absolute atomic E-state index is 0.320. The summed E-state index contributed by atoms with van der Waals surface area (Å²) in [7, 11) is 0. The van der Waals surface area contributed by atoms with Crippen LogP contribution in [0.25, 0.3) is 0 Å². The molecule has 2 N–H and O–H groups in total. The zero-order chi connectivity index (χ0) is 10.4. The topological polar surface area (TPSA) is 64.8 Å². The number of nitrogens with two attached hydrogens (primary N) is 1. The van der Waals surface area contributed by atoms with Crippen molar-refractivity contribution in [2.75, 3.05) is 39.5 Å². The van der Waals surface area contributed by atoms with Gasteiger partial charge in [0.15, 0.2) is 0 Å². The van der Waals surface area contributed by atoms with Crippen LogP contribution in [0.2, 0.25) is 0 Å². The Morgan fingerprint density at radius 3 is 2.79 bits per heavy atom. The van der Waals surface area contributed by atoms with E-state index in [2.05, 4.69) is 4.90 Å². The third-order valence-corrected chi connectivity index (χ3v) is 2.15. The number of nitrogens with zero attached hydrogens (tertiary/aromatic N) is 1. The lowest BCUT2D eigenvalue weighted by atomic mass is 10.3. The van der Waals surface area contributed by atoms with Crippen molar-refractivity contribution < 1.29 is 14.3 Å². The van der Waals surface area contributed by atoms with Crippen LogP contribution in [0.1, 0.15) is 6.92 Å². The van der Waals surface area contributed by atoms with Crippen LogP contribution < -0.4 is 5.73 Å². The van der Waals surface area contributed by atoms with E-state index >= 15 is 0 Å². The average molecular weight is 202 g/mol. The monoisotopic (exact) mass is 202 g/mol. The van der Waals surface area contributed by atoms with Gasteiger partial charge in [0.1, 0.15) is 6.04 Å². The third kappa shape index (κ3) is 3.61. The standard InChI is InChI=1S/C9H18N2O3/c1-2-14-9(12)8(10)7-11-3-5-13-6-4-11/h8H,2-7,10H2,1H3/t8-/m0/s1. The van der Waals surface area contributed by atoms with Gasteiger partial charge in [0.25, 0.3) is 0 Å². The first-order valence-electron chi connectivity index (χ1n) is 4.96. The summed E-state index contributed by atoms with van der Waals surface area (Å²) in [4.78, 5) is 13.3. The molecular weight excluding hydrogens is 184 g/mol. The van der Waals surface area contributed by atoms with Crippen LogP contribution in [-0.2, 0) is 14.3 Å². The Labute approximate surface area is 84.1 Å². The fraction of sp³-hybridized carbons (Fsp3) is 0.889. The summed E-state index contributed by atoms with van der Waals surface area (Å²) in [5, 5.41) is 0. The lowest BCUT2D eigenvalue weighted by Gasteiger charge is -2.28. The Kier molecular flexibility index (Phi) is 4.86. The average Bonchev–Trinajstić information content (AvgIpc) is 2.19. The lowest BCUT2D eigenvalue weighted by molar-refractivity contribution is -0.145. The second kappa shape index (κ2) is 5.95. The van der Waals surface area contributed by atoms with Crippen molar-refractivity contribution in [3.8, 4) is 0 Å². The first-order valence-corrected chi connectivity index (χ1v) is 4.96. The fourth-order valence-corrected chi connectivity index (χ4v) is 1.39. The Morgan fingerprint density at radius 2 is 2.21 bits per heavy atom. The van der Waals surface area contributed by atoms with E-state index in [0.29, 0.717) is 13.2 Å². The highest BCUT2D eigenvalue weighted by molar-refractivity contribution is 5.75. The molecule has 82 valence electrons. The lowest BCUT2D eigenvalue weighted by Crippen LogP contribution is -2.47. The quantitative estimate of drug-likeness (QED) is 0.605. The molecule has 0 saturated carbocycles. The number of hydrogen-bond acceptors (Lipinski definition) is 5. The molecule has 0 aromatic rings. The van der Waals surface area contributed by atoms with E-state index in [0.717, 1.165) is 26.3 Å². The zero-order valence-electron chi connectivity index (χ0n) is 8.57. The molecule has 1 fully saturated rings. The second-order valence-electron chi connectivity index (χ2n) is 3.27. The Morgan fingerprint density at radius 1 is 1.57 bits per heavy atom. The minimum Gasteiger partial charge on any atom is -0.465 e. The molecule has 1 atom stereocenters. The van der Waals surface area contributed by atoms with E-state index in [1.54, 1.807) is 6.92 Å². The molecule has 0 radical (unpaired) electrons. The molecule has 1 saturated heterocycles. The molecule has 0 bridgehead atoms. The van der Waals surface area contributed by atoms with Crippen molar-refractivity contribution in [1.82, 2.24) is 4.90 Å². The van der Waals surface area contributed by atoms with E-state index < -0.39 is 6.04 Å². The molecule has 1 rings (SSSR count). The third-order valence-electron chi connectivity index (χ3n) is 2.15. The van der Waals surface area contributed by atoms with Crippen LogP contribution in [0.15, 0.2) is 0 Å². The Hall–Kier alpha value is -0.650. The molecule has 1 heterocycles. The molecule has 0 aromatic carbocycles. The highest BCUT2D eigenvalue weighted by Crippen LogP contribution is 1.98. The summed E-state index contributed by atoms with van der Waals surface area (Å²) in [5.74, 6) is -0.320. The van der Waals surface area contributed by atoms with Crippen LogP contribution in [0.3, 0.4) is 0 Å². The molecule has 0 unspecified atom stereocenters. The number of hydrogen-bond donors (Lipinski definition) is 1. The Bertz CT molecular complexity index is 181. The van der Waals surface area contributed by atoms with E-state index in [4.69, 9.17) is 15.2 Å². The molecule has 14 heavy (non-hydrogen) atoms. The van der Waals surface area contributed by atoms with Crippen LogP contribution in [-0.4, -0.2) is 56.4 Å². The van der Waals surface area contributed by atoms with E-state index in [1.165, 1.54) is 0 Å². The van der Waals surface area contributed by atoms with E-state index in [9.17, 15) is 4.79 Å². The number of carbonyl (C=O) groups is 1. The molecule has 5 nitrogen and oxygen atoms in total. The predicted octanol–water partition coefficient (Wildman–Crippen LogP) is -0.791. The number of esters is 1. The van der Waals surface area contributed by atoms with Crippen molar-refractivity contribution >= 4 is 5.97 Å². The minimum atomic E-state index is -0.534. The zero-order valence-corrected chi connectivity index (χ0v) is 8.57. The van der Waals surface area contributed by atoms with Gasteiger partial charge in [0.05, 0.1) is 19.8 Å². The maximum atomic E-state index is 11.2. The van der Waals surface area contributed by atoms with Crippen molar-refractivity contribution in [2.24, 2.45) is 5.73 Å². The van der Waals surface area contributed by atoms with Crippen molar-refractivity contribution in [3.05, 3.63) is 0 Å². The van der Waals surface area contributed by atoms with Gasteiger partial charge in [-0.3, -0.25) is 9.69 Å². The molecule has 0 spiro atoms. The van der Waals surface area contributed by atoms with Gasteiger partial charge in [-0.15, -0.1) is 0 Å². The van der Waals surface area contributed by atoms with Gasteiger partial charge in [-0.25, -0.2) is 0 Å². The number of rotatable bonds is 4. The highest BCUT2D eigenvalue weighted by atomic mass is 16.5. The Balaban J connectivity index is 2.24. The van der Waals surface area contributed by atoms with Gasteiger partial charge in [-0.2, -0.15) is 0 Å². The number of ether oxygens (including phenoxy) is 2. The molecule has 0 aromatic heterocycles. The molecule has 1 aliphatic rings. The number of carbonyl (C=O) groups excluding carboxylic acids is 1. The summed E-state index contributed by atoms with van der Waals surface area (Å²) >= 11 is 0. The smallest absolute Gasteiger partial charge is 0.324 e. The van der Waals surface area contributed by atoms with Gasteiger partial charge in [-0.1, -0.05) is 0 Å². The summed E-state index contributed by atoms with van der Waals surface area (Å²) in [6.45, 7) is 5.84.